The number of aryl methyl sites for hydroxylation is 1. The molecule has 0 fully saturated rings. The van der Waals surface area contributed by atoms with Crippen molar-refractivity contribution >= 4 is 51.4 Å². The zero-order valence-electron chi connectivity index (χ0n) is 21.8. The van der Waals surface area contributed by atoms with E-state index in [1.54, 1.807) is 41.8 Å². The molecule has 2 N–H and O–H groups in total. The number of thioether (sulfide) groups is 1. The van der Waals surface area contributed by atoms with E-state index in [-0.39, 0.29) is 17.5 Å². The second-order valence-corrected chi connectivity index (χ2v) is 11.1. The van der Waals surface area contributed by atoms with Crippen molar-refractivity contribution in [1.82, 2.24) is 4.98 Å². The van der Waals surface area contributed by atoms with Gasteiger partial charge in [0.1, 0.15) is 5.25 Å². The summed E-state index contributed by atoms with van der Waals surface area (Å²) in [7, 11) is 0. The molecule has 8 nitrogen and oxygen atoms in total. The number of hydrogen-bond donors (Lipinski definition) is 2. The van der Waals surface area contributed by atoms with Gasteiger partial charge in [-0.25, -0.2) is 4.98 Å². The molecule has 0 aliphatic rings. The number of nitro benzene ring substituents is 1. The van der Waals surface area contributed by atoms with E-state index < -0.39 is 10.2 Å². The summed E-state index contributed by atoms with van der Waals surface area (Å²) in [5.41, 5.74) is 4.24. The van der Waals surface area contributed by atoms with E-state index in [9.17, 15) is 19.7 Å². The van der Waals surface area contributed by atoms with Crippen LogP contribution in [0.3, 0.4) is 0 Å². The molecule has 1 atom stereocenters. The third kappa shape index (κ3) is 7.05. The van der Waals surface area contributed by atoms with E-state index in [0.717, 1.165) is 16.0 Å². The average Bonchev–Trinajstić information content (AvgIpc) is 3.46. The highest BCUT2D eigenvalue weighted by molar-refractivity contribution is 8.00. The lowest BCUT2D eigenvalue weighted by molar-refractivity contribution is -0.384. The van der Waals surface area contributed by atoms with Gasteiger partial charge in [-0.2, -0.15) is 0 Å². The lowest BCUT2D eigenvalue weighted by Crippen LogP contribution is -2.19. The molecule has 0 spiro atoms. The zero-order valence-corrected chi connectivity index (χ0v) is 23.4. The Hall–Kier alpha value is -4.80. The summed E-state index contributed by atoms with van der Waals surface area (Å²) < 4.78 is 0. The van der Waals surface area contributed by atoms with Crippen molar-refractivity contribution in [2.24, 2.45) is 0 Å². The Kier molecular flexibility index (Phi) is 8.52. The monoisotopic (exact) mass is 580 g/mol. The maximum absolute atomic E-state index is 13.5. The smallest absolute Gasteiger partial charge is 0.270 e. The molecule has 0 aliphatic carbocycles. The van der Waals surface area contributed by atoms with Crippen LogP contribution in [0.4, 0.5) is 16.5 Å². The standard InChI is InChI=1S/C31H24N4O4S2/c1-20-10-12-22(13-11-20)29(36)32-24-14-16-26(17-15-24)41-28(21-6-3-2-4-7-21)30(37)34-31-33-27(19-40-31)23-8-5-9-25(18-23)35(38)39/h2-19,28H,1H3,(H,32,36)(H,33,34,37). The summed E-state index contributed by atoms with van der Waals surface area (Å²) in [5.74, 6) is -0.447. The predicted molar refractivity (Wildman–Crippen MR) is 163 cm³/mol. The van der Waals surface area contributed by atoms with Crippen LogP contribution in [0.2, 0.25) is 0 Å². The number of carbonyl (C=O) groups excluding carboxylic acids is 2. The molecule has 41 heavy (non-hydrogen) atoms. The number of nitrogens with zero attached hydrogens (tertiary/aromatic N) is 2. The maximum Gasteiger partial charge on any atom is 0.270 e. The molecular formula is C31H24N4O4S2. The second kappa shape index (κ2) is 12.6. The normalized spacial score (nSPS) is 11.4. The highest BCUT2D eigenvalue weighted by Gasteiger charge is 2.23. The Morgan fingerprint density at radius 2 is 1.63 bits per heavy atom. The van der Waals surface area contributed by atoms with Crippen molar-refractivity contribution in [2.45, 2.75) is 17.1 Å². The van der Waals surface area contributed by atoms with Gasteiger partial charge in [0.05, 0.1) is 10.6 Å². The molecule has 1 heterocycles. The fraction of sp³-hybridized carbons (Fsp3) is 0.0645. The van der Waals surface area contributed by atoms with Crippen LogP contribution >= 0.6 is 23.1 Å². The molecule has 4 aromatic carbocycles. The number of rotatable bonds is 9. The quantitative estimate of drug-likeness (QED) is 0.105. The van der Waals surface area contributed by atoms with E-state index in [1.165, 1.54) is 35.2 Å². The SMILES string of the molecule is Cc1ccc(C(=O)Nc2ccc(SC(C(=O)Nc3nc(-c4cccc([N+](=O)[O-])c4)cs3)c3ccccc3)cc2)cc1. The van der Waals surface area contributed by atoms with Crippen LogP contribution in [0.5, 0.6) is 0 Å². The molecule has 0 radical (unpaired) electrons. The van der Waals surface area contributed by atoms with Crippen LogP contribution < -0.4 is 10.6 Å². The zero-order chi connectivity index (χ0) is 28.8. The molecule has 5 rings (SSSR count). The van der Waals surface area contributed by atoms with Gasteiger partial charge in [-0.15, -0.1) is 23.1 Å². The average molecular weight is 581 g/mol. The van der Waals surface area contributed by atoms with Crippen molar-refractivity contribution in [1.29, 1.82) is 0 Å². The summed E-state index contributed by atoms with van der Waals surface area (Å²) >= 11 is 2.63. The third-order valence-electron chi connectivity index (χ3n) is 6.11. The molecule has 204 valence electrons. The third-order valence-corrected chi connectivity index (χ3v) is 8.13. The number of anilines is 2. The number of carbonyl (C=O) groups is 2. The maximum atomic E-state index is 13.5. The van der Waals surface area contributed by atoms with Crippen molar-refractivity contribution < 1.29 is 14.5 Å². The number of benzene rings is 4. The Labute approximate surface area is 244 Å². The van der Waals surface area contributed by atoms with Crippen LogP contribution in [-0.2, 0) is 4.79 Å². The minimum absolute atomic E-state index is 0.0256. The van der Waals surface area contributed by atoms with E-state index in [4.69, 9.17) is 0 Å². The van der Waals surface area contributed by atoms with Crippen LogP contribution in [-0.4, -0.2) is 21.7 Å². The van der Waals surface area contributed by atoms with Gasteiger partial charge >= 0.3 is 0 Å². The Balaban J connectivity index is 1.29. The van der Waals surface area contributed by atoms with Gasteiger partial charge in [0.15, 0.2) is 5.13 Å². The van der Waals surface area contributed by atoms with Gasteiger partial charge in [-0.3, -0.25) is 19.7 Å². The van der Waals surface area contributed by atoms with Gasteiger partial charge in [0.25, 0.3) is 11.6 Å². The first kappa shape index (κ1) is 27.8. The summed E-state index contributed by atoms with van der Waals surface area (Å²) in [6.45, 7) is 1.97. The molecule has 0 aliphatic heterocycles. The Morgan fingerprint density at radius 1 is 0.902 bits per heavy atom. The fourth-order valence-electron chi connectivity index (χ4n) is 3.98. The van der Waals surface area contributed by atoms with Crippen LogP contribution in [0.1, 0.15) is 26.7 Å². The minimum Gasteiger partial charge on any atom is -0.322 e. The van der Waals surface area contributed by atoms with E-state index in [1.807, 2.05) is 61.5 Å². The molecule has 0 saturated carbocycles. The number of hydrogen-bond acceptors (Lipinski definition) is 7. The predicted octanol–water partition coefficient (Wildman–Crippen LogP) is 7.75. The van der Waals surface area contributed by atoms with Crippen molar-refractivity contribution in [3.63, 3.8) is 0 Å². The van der Waals surface area contributed by atoms with Gasteiger partial charge in [0, 0.05) is 39.2 Å². The summed E-state index contributed by atoms with van der Waals surface area (Å²) in [6.07, 6.45) is 0. The molecule has 0 bridgehead atoms. The lowest BCUT2D eigenvalue weighted by Gasteiger charge is -2.16. The topological polar surface area (TPSA) is 114 Å². The Morgan fingerprint density at radius 3 is 2.34 bits per heavy atom. The van der Waals surface area contributed by atoms with Gasteiger partial charge in [-0.05, 0) is 48.9 Å². The largest absolute Gasteiger partial charge is 0.322 e. The van der Waals surface area contributed by atoms with Gasteiger partial charge in [0.2, 0.25) is 5.91 Å². The molecule has 1 unspecified atom stereocenters. The molecule has 5 aromatic rings. The fourth-order valence-corrected chi connectivity index (χ4v) is 5.72. The second-order valence-electron chi connectivity index (χ2n) is 9.09. The van der Waals surface area contributed by atoms with E-state index >= 15 is 0 Å². The van der Waals surface area contributed by atoms with Gasteiger partial charge in [-0.1, -0.05) is 60.2 Å². The molecule has 10 heteroatoms. The first-order valence-electron chi connectivity index (χ1n) is 12.6. The molecular weight excluding hydrogens is 556 g/mol. The summed E-state index contributed by atoms with van der Waals surface area (Å²) in [5, 5.41) is 18.5. The summed E-state index contributed by atoms with van der Waals surface area (Å²) in [6, 6.07) is 30.3. The highest BCUT2D eigenvalue weighted by Crippen LogP contribution is 2.37. The number of nitro groups is 1. The van der Waals surface area contributed by atoms with Crippen LogP contribution in [0.15, 0.2) is 113 Å². The van der Waals surface area contributed by atoms with Crippen molar-refractivity contribution in [3.05, 3.63) is 135 Å². The lowest BCUT2D eigenvalue weighted by atomic mass is 10.1. The van der Waals surface area contributed by atoms with Gasteiger partial charge < -0.3 is 10.6 Å². The Bertz CT molecular complexity index is 1690. The van der Waals surface area contributed by atoms with E-state index in [0.29, 0.717) is 27.6 Å². The van der Waals surface area contributed by atoms with Crippen LogP contribution in [0, 0.1) is 17.0 Å². The number of thiazole rings is 1. The summed E-state index contributed by atoms with van der Waals surface area (Å²) in [4.78, 5) is 42.1. The molecule has 0 saturated heterocycles. The van der Waals surface area contributed by atoms with Crippen LogP contribution in [0.25, 0.3) is 11.3 Å². The number of nitrogens with one attached hydrogen (secondary N) is 2. The first-order chi connectivity index (χ1) is 19.9. The van der Waals surface area contributed by atoms with E-state index in [2.05, 4.69) is 15.6 Å². The highest BCUT2D eigenvalue weighted by atomic mass is 32.2. The van der Waals surface area contributed by atoms with Crippen molar-refractivity contribution in [2.75, 3.05) is 10.6 Å². The number of non-ortho nitro benzene ring substituents is 1. The molecule has 1 aromatic heterocycles. The number of amides is 2. The molecule has 2 amide bonds. The first-order valence-corrected chi connectivity index (χ1v) is 14.3. The van der Waals surface area contributed by atoms with Crippen molar-refractivity contribution in [3.8, 4) is 11.3 Å². The minimum atomic E-state index is -0.575. The number of aromatic nitrogens is 1.